The summed E-state index contributed by atoms with van der Waals surface area (Å²) in [4.78, 5) is 10.9. The highest BCUT2D eigenvalue weighted by atomic mass is 16.6. The van der Waals surface area contributed by atoms with Gasteiger partial charge < -0.3 is 14.2 Å². The minimum atomic E-state index is -0.400. The monoisotopic (exact) mass is 200 g/mol. The van der Waals surface area contributed by atoms with Crippen LogP contribution in [-0.4, -0.2) is 38.0 Å². The number of ether oxygens (including phenoxy) is 3. The van der Waals surface area contributed by atoms with Gasteiger partial charge >= 0.3 is 5.97 Å². The zero-order chi connectivity index (χ0) is 10.4. The number of rotatable bonds is 7. The normalized spacial score (nSPS) is 21.4. The largest absolute Gasteiger partial charge is 0.457 e. The molecule has 2 atom stereocenters. The van der Waals surface area contributed by atoms with Crippen molar-refractivity contribution in [1.82, 2.24) is 0 Å². The predicted molar refractivity (Wildman–Crippen MR) is 50.9 cm³/mol. The third kappa shape index (κ3) is 4.39. The molecule has 0 saturated carbocycles. The van der Waals surface area contributed by atoms with Gasteiger partial charge in [0.15, 0.2) is 0 Å². The molecule has 0 amide bonds. The molecule has 1 heterocycles. The second kappa shape index (κ2) is 5.78. The van der Waals surface area contributed by atoms with Gasteiger partial charge in [0.25, 0.3) is 0 Å². The van der Waals surface area contributed by atoms with Crippen LogP contribution < -0.4 is 0 Å². The SMILES string of the molecule is C=CC(=O)OC(CC)COCC1CO1. The van der Waals surface area contributed by atoms with Gasteiger partial charge in [0.05, 0.1) is 19.8 Å². The van der Waals surface area contributed by atoms with Gasteiger partial charge in [-0.2, -0.15) is 0 Å². The molecule has 1 fully saturated rings. The van der Waals surface area contributed by atoms with E-state index >= 15 is 0 Å². The number of epoxide rings is 1. The van der Waals surface area contributed by atoms with Crippen molar-refractivity contribution in [3.63, 3.8) is 0 Å². The maximum Gasteiger partial charge on any atom is 0.330 e. The summed E-state index contributed by atoms with van der Waals surface area (Å²) in [5, 5.41) is 0. The van der Waals surface area contributed by atoms with Gasteiger partial charge in [-0.3, -0.25) is 0 Å². The fourth-order valence-electron chi connectivity index (χ4n) is 0.943. The van der Waals surface area contributed by atoms with Crippen LogP contribution in [0.1, 0.15) is 13.3 Å². The van der Waals surface area contributed by atoms with Crippen LogP contribution in [0, 0.1) is 0 Å². The van der Waals surface area contributed by atoms with Crippen molar-refractivity contribution in [2.45, 2.75) is 25.6 Å². The standard InChI is InChI=1S/C10H16O4/c1-3-8(14-10(11)4-2)5-12-6-9-7-13-9/h4,8-9H,2-3,5-7H2,1H3. The lowest BCUT2D eigenvalue weighted by Gasteiger charge is -2.14. The first-order chi connectivity index (χ1) is 6.76. The highest BCUT2D eigenvalue weighted by Gasteiger charge is 2.23. The molecule has 4 heteroatoms. The van der Waals surface area contributed by atoms with E-state index in [1.54, 1.807) is 0 Å². The summed E-state index contributed by atoms with van der Waals surface area (Å²) in [6.07, 6.45) is 1.97. The van der Waals surface area contributed by atoms with E-state index in [0.717, 1.165) is 19.1 Å². The van der Waals surface area contributed by atoms with E-state index in [2.05, 4.69) is 6.58 Å². The summed E-state index contributed by atoms with van der Waals surface area (Å²) in [5.41, 5.74) is 0. The third-order valence-corrected chi connectivity index (χ3v) is 1.91. The molecule has 0 aliphatic carbocycles. The van der Waals surface area contributed by atoms with Gasteiger partial charge in [0.2, 0.25) is 0 Å². The van der Waals surface area contributed by atoms with Crippen LogP contribution in [0.5, 0.6) is 0 Å². The fraction of sp³-hybridized carbons (Fsp3) is 0.700. The van der Waals surface area contributed by atoms with Crippen molar-refractivity contribution < 1.29 is 19.0 Å². The molecule has 0 radical (unpaired) electrons. The Labute approximate surface area is 83.8 Å². The van der Waals surface area contributed by atoms with Gasteiger partial charge in [-0.25, -0.2) is 4.79 Å². The van der Waals surface area contributed by atoms with Gasteiger partial charge in [-0.05, 0) is 6.42 Å². The molecular weight excluding hydrogens is 184 g/mol. The molecule has 1 aliphatic heterocycles. The van der Waals surface area contributed by atoms with Crippen molar-refractivity contribution in [3.8, 4) is 0 Å². The molecule has 1 saturated heterocycles. The van der Waals surface area contributed by atoms with E-state index < -0.39 is 5.97 Å². The lowest BCUT2D eigenvalue weighted by molar-refractivity contribution is -0.146. The number of hydrogen-bond acceptors (Lipinski definition) is 4. The zero-order valence-corrected chi connectivity index (χ0v) is 8.40. The van der Waals surface area contributed by atoms with E-state index in [-0.39, 0.29) is 12.2 Å². The molecule has 1 aliphatic rings. The summed E-state index contributed by atoms with van der Waals surface area (Å²) in [5.74, 6) is -0.400. The summed E-state index contributed by atoms with van der Waals surface area (Å²) in [6, 6.07) is 0. The molecule has 80 valence electrons. The maximum atomic E-state index is 10.9. The first-order valence-corrected chi connectivity index (χ1v) is 4.78. The summed E-state index contributed by atoms with van der Waals surface area (Å²) in [7, 11) is 0. The lowest BCUT2D eigenvalue weighted by Crippen LogP contribution is -2.22. The topological polar surface area (TPSA) is 48.1 Å². The van der Waals surface area contributed by atoms with Crippen LogP contribution in [-0.2, 0) is 19.0 Å². The molecule has 1 rings (SSSR count). The Hall–Kier alpha value is -0.870. The van der Waals surface area contributed by atoms with E-state index in [4.69, 9.17) is 14.2 Å². The van der Waals surface area contributed by atoms with Gasteiger partial charge in [-0.15, -0.1) is 0 Å². The molecule has 4 nitrogen and oxygen atoms in total. The van der Waals surface area contributed by atoms with E-state index in [1.165, 1.54) is 0 Å². The second-order valence-corrected chi connectivity index (χ2v) is 3.16. The molecule has 0 bridgehead atoms. The number of hydrogen-bond donors (Lipinski definition) is 0. The first-order valence-electron chi connectivity index (χ1n) is 4.78. The van der Waals surface area contributed by atoms with Gasteiger partial charge in [0.1, 0.15) is 12.2 Å². The quantitative estimate of drug-likeness (QED) is 0.348. The number of esters is 1. The Bertz CT molecular complexity index is 198. The van der Waals surface area contributed by atoms with Gasteiger partial charge in [-0.1, -0.05) is 13.5 Å². The van der Waals surface area contributed by atoms with Crippen LogP contribution in [0.3, 0.4) is 0 Å². The third-order valence-electron chi connectivity index (χ3n) is 1.91. The molecule has 0 aromatic heterocycles. The Morgan fingerprint density at radius 3 is 3.00 bits per heavy atom. The smallest absolute Gasteiger partial charge is 0.330 e. The molecule has 0 N–H and O–H groups in total. The van der Waals surface area contributed by atoms with Crippen LogP contribution in [0.15, 0.2) is 12.7 Å². The highest BCUT2D eigenvalue weighted by molar-refractivity contribution is 5.81. The molecule has 2 unspecified atom stereocenters. The minimum Gasteiger partial charge on any atom is -0.457 e. The minimum absolute atomic E-state index is 0.181. The number of carbonyl (C=O) groups is 1. The van der Waals surface area contributed by atoms with Crippen molar-refractivity contribution in [1.29, 1.82) is 0 Å². The van der Waals surface area contributed by atoms with E-state index in [9.17, 15) is 4.79 Å². The molecule has 0 aromatic rings. The number of carbonyl (C=O) groups excluding carboxylic acids is 1. The molecular formula is C10H16O4. The predicted octanol–water partition coefficient (Wildman–Crippen LogP) is 0.910. The zero-order valence-electron chi connectivity index (χ0n) is 8.40. The first kappa shape index (κ1) is 11.2. The summed E-state index contributed by atoms with van der Waals surface area (Å²) >= 11 is 0. The van der Waals surface area contributed by atoms with Crippen molar-refractivity contribution in [3.05, 3.63) is 12.7 Å². The van der Waals surface area contributed by atoms with Crippen LogP contribution in [0.4, 0.5) is 0 Å². The fourth-order valence-corrected chi connectivity index (χ4v) is 0.943. The lowest BCUT2D eigenvalue weighted by atomic mass is 10.3. The Morgan fingerprint density at radius 1 is 1.79 bits per heavy atom. The van der Waals surface area contributed by atoms with Gasteiger partial charge in [0, 0.05) is 6.08 Å². The second-order valence-electron chi connectivity index (χ2n) is 3.16. The van der Waals surface area contributed by atoms with Crippen LogP contribution in [0.25, 0.3) is 0 Å². The average Bonchev–Trinajstić information content (AvgIpc) is 2.99. The van der Waals surface area contributed by atoms with E-state index in [0.29, 0.717) is 13.2 Å². The van der Waals surface area contributed by atoms with Crippen molar-refractivity contribution in [2.75, 3.05) is 19.8 Å². The summed E-state index contributed by atoms with van der Waals surface area (Å²) in [6.45, 7) is 7.07. The van der Waals surface area contributed by atoms with Crippen molar-refractivity contribution in [2.24, 2.45) is 0 Å². The molecule has 0 spiro atoms. The van der Waals surface area contributed by atoms with Crippen LogP contribution >= 0.6 is 0 Å². The Kier molecular flexibility index (Phi) is 4.62. The maximum absolute atomic E-state index is 10.9. The highest BCUT2D eigenvalue weighted by Crippen LogP contribution is 2.09. The average molecular weight is 200 g/mol. The summed E-state index contributed by atoms with van der Waals surface area (Å²) < 4.78 is 15.3. The molecule has 0 aromatic carbocycles. The Morgan fingerprint density at radius 2 is 2.50 bits per heavy atom. The van der Waals surface area contributed by atoms with Crippen LogP contribution in [0.2, 0.25) is 0 Å². The Balaban J connectivity index is 2.09. The molecule has 14 heavy (non-hydrogen) atoms. The van der Waals surface area contributed by atoms with E-state index in [1.807, 2.05) is 6.92 Å². The van der Waals surface area contributed by atoms with Crippen molar-refractivity contribution >= 4 is 5.97 Å².